The van der Waals surface area contributed by atoms with Gasteiger partial charge in [0.15, 0.2) is 0 Å². The SMILES string of the molecule is CCCC(O)Cc1nc(C2(OCC)CCCCC2)no1. The smallest absolute Gasteiger partial charge is 0.229 e. The molecule has 0 saturated heterocycles. The highest BCUT2D eigenvalue weighted by molar-refractivity contribution is 5.03. The number of hydrogen-bond acceptors (Lipinski definition) is 5. The molecular weight excluding hydrogens is 256 g/mol. The highest BCUT2D eigenvalue weighted by Crippen LogP contribution is 2.39. The number of nitrogens with zero attached hydrogens (tertiary/aromatic N) is 2. The highest BCUT2D eigenvalue weighted by atomic mass is 16.5. The van der Waals surface area contributed by atoms with E-state index >= 15 is 0 Å². The van der Waals surface area contributed by atoms with Crippen LogP contribution in [0.2, 0.25) is 0 Å². The van der Waals surface area contributed by atoms with Gasteiger partial charge in [-0.2, -0.15) is 4.98 Å². The summed E-state index contributed by atoms with van der Waals surface area (Å²) in [7, 11) is 0. The summed E-state index contributed by atoms with van der Waals surface area (Å²) >= 11 is 0. The molecule has 1 atom stereocenters. The van der Waals surface area contributed by atoms with Gasteiger partial charge in [0.05, 0.1) is 12.5 Å². The number of hydrogen-bond donors (Lipinski definition) is 1. The van der Waals surface area contributed by atoms with Crippen molar-refractivity contribution < 1.29 is 14.4 Å². The third kappa shape index (κ3) is 3.58. The topological polar surface area (TPSA) is 68.4 Å². The molecule has 0 bridgehead atoms. The van der Waals surface area contributed by atoms with E-state index in [-0.39, 0.29) is 5.60 Å². The van der Waals surface area contributed by atoms with Gasteiger partial charge in [-0.25, -0.2) is 0 Å². The van der Waals surface area contributed by atoms with Crippen molar-refractivity contribution >= 4 is 0 Å². The van der Waals surface area contributed by atoms with Crippen LogP contribution in [0.25, 0.3) is 0 Å². The van der Waals surface area contributed by atoms with E-state index in [2.05, 4.69) is 17.1 Å². The first-order chi connectivity index (χ1) is 9.70. The lowest BCUT2D eigenvalue weighted by Crippen LogP contribution is -2.33. The van der Waals surface area contributed by atoms with Gasteiger partial charge in [-0.15, -0.1) is 0 Å². The Morgan fingerprint density at radius 2 is 2.05 bits per heavy atom. The van der Waals surface area contributed by atoms with Crippen molar-refractivity contribution in [3.05, 3.63) is 11.7 Å². The Bertz CT molecular complexity index is 394. The van der Waals surface area contributed by atoms with Gasteiger partial charge in [0.25, 0.3) is 0 Å². The van der Waals surface area contributed by atoms with E-state index < -0.39 is 6.10 Å². The Morgan fingerprint density at radius 1 is 1.30 bits per heavy atom. The Labute approximate surface area is 120 Å². The molecule has 20 heavy (non-hydrogen) atoms. The summed E-state index contributed by atoms with van der Waals surface area (Å²) in [6, 6.07) is 0. The summed E-state index contributed by atoms with van der Waals surface area (Å²) in [6.45, 7) is 4.71. The van der Waals surface area contributed by atoms with Gasteiger partial charge >= 0.3 is 0 Å². The lowest BCUT2D eigenvalue weighted by Gasteiger charge is -2.33. The van der Waals surface area contributed by atoms with Gasteiger partial charge in [-0.3, -0.25) is 0 Å². The molecule has 0 amide bonds. The third-order valence-corrected chi connectivity index (χ3v) is 3.99. The molecule has 0 aromatic carbocycles. The lowest BCUT2D eigenvalue weighted by molar-refractivity contribution is -0.0777. The maximum Gasteiger partial charge on any atom is 0.229 e. The third-order valence-electron chi connectivity index (χ3n) is 3.99. The Morgan fingerprint density at radius 3 is 2.70 bits per heavy atom. The minimum absolute atomic E-state index is 0.371. The largest absolute Gasteiger partial charge is 0.393 e. The molecule has 1 unspecified atom stereocenters. The number of ether oxygens (including phenoxy) is 1. The maximum atomic E-state index is 9.83. The summed E-state index contributed by atoms with van der Waals surface area (Å²) in [5.41, 5.74) is -0.371. The summed E-state index contributed by atoms with van der Waals surface area (Å²) in [4.78, 5) is 4.48. The van der Waals surface area contributed by atoms with Crippen LogP contribution in [0, 0.1) is 0 Å². The van der Waals surface area contributed by atoms with E-state index in [4.69, 9.17) is 9.26 Å². The molecule has 0 radical (unpaired) electrons. The molecule has 1 aliphatic carbocycles. The molecule has 1 aromatic heterocycles. The van der Waals surface area contributed by atoms with Gasteiger partial charge in [-0.05, 0) is 26.2 Å². The van der Waals surface area contributed by atoms with Gasteiger partial charge in [0, 0.05) is 6.61 Å². The van der Waals surface area contributed by atoms with E-state index in [9.17, 15) is 5.11 Å². The van der Waals surface area contributed by atoms with Crippen molar-refractivity contribution in [2.24, 2.45) is 0 Å². The van der Waals surface area contributed by atoms with E-state index in [0.29, 0.717) is 24.7 Å². The Hall–Kier alpha value is -0.940. The number of rotatable bonds is 7. The average Bonchev–Trinajstić information content (AvgIpc) is 2.89. The van der Waals surface area contributed by atoms with Crippen LogP contribution in [0.5, 0.6) is 0 Å². The van der Waals surface area contributed by atoms with Crippen molar-refractivity contribution in [1.82, 2.24) is 10.1 Å². The predicted octanol–water partition coefficient (Wildman–Crippen LogP) is 2.97. The van der Waals surface area contributed by atoms with E-state index in [1.165, 1.54) is 6.42 Å². The molecule has 1 aromatic rings. The van der Waals surface area contributed by atoms with Crippen molar-refractivity contribution in [3.8, 4) is 0 Å². The maximum absolute atomic E-state index is 9.83. The quantitative estimate of drug-likeness (QED) is 0.832. The monoisotopic (exact) mass is 282 g/mol. The second kappa shape index (κ2) is 7.18. The zero-order chi connectivity index (χ0) is 14.4. The molecule has 114 valence electrons. The minimum Gasteiger partial charge on any atom is -0.393 e. The van der Waals surface area contributed by atoms with Crippen molar-refractivity contribution in [3.63, 3.8) is 0 Å². The molecule has 1 aliphatic rings. The summed E-state index contributed by atoms with van der Waals surface area (Å²) in [5.74, 6) is 1.18. The normalized spacial score (nSPS) is 19.9. The molecule has 1 saturated carbocycles. The molecule has 1 heterocycles. The molecule has 0 spiro atoms. The number of aromatic nitrogens is 2. The molecule has 5 nitrogen and oxygen atoms in total. The summed E-state index contributed by atoms with van der Waals surface area (Å²) < 4.78 is 11.3. The van der Waals surface area contributed by atoms with Crippen molar-refractivity contribution in [2.45, 2.75) is 76.9 Å². The minimum atomic E-state index is -0.400. The van der Waals surface area contributed by atoms with E-state index in [1.54, 1.807) is 0 Å². The highest BCUT2D eigenvalue weighted by Gasteiger charge is 2.39. The van der Waals surface area contributed by atoms with Crippen LogP contribution < -0.4 is 0 Å². The zero-order valence-corrected chi connectivity index (χ0v) is 12.6. The Balaban J connectivity index is 2.08. The standard InChI is InChI=1S/C15H26N2O3/c1-3-8-12(18)11-13-16-14(17-20-13)15(19-4-2)9-6-5-7-10-15/h12,18H,3-11H2,1-2H3. The second-order valence-electron chi connectivity index (χ2n) is 5.65. The molecule has 0 aliphatic heterocycles. The summed E-state index contributed by atoms with van der Waals surface area (Å²) in [5, 5.41) is 14.0. The Kier molecular flexibility index (Phi) is 5.54. The molecule has 1 N–H and O–H groups in total. The van der Waals surface area contributed by atoms with Crippen LogP contribution >= 0.6 is 0 Å². The predicted molar refractivity (Wildman–Crippen MR) is 75.3 cm³/mol. The first-order valence-corrected chi connectivity index (χ1v) is 7.85. The van der Waals surface area contributed by atoms with Crippen LogP contribution in [-0.2, 0) is 16.8 Å². The van der Waals surface area contributed by atoms with Crippen molar-refractivity contribution in [2.75, 3.05) is 6.61 Å². The second-order valence-corrected chi connectivity index (χ2v) is 5.65. The van der Waals surface area contributed by atoms with Crippen LogP contribution in [0.15, 0.2) is 4.52 Å². The van der Waals surface area contributed by atoms with Crippen LogP contribution in [0.1, 0.15) is 70.5 Å². The fourth-order valence-corrected chi connectivity index (χ4v) is 2.99. The first kappa shape index (κ1) is 15.4. The van der Waals surface area contributed by atoms with E-state index in [1.807, 2.05) is 6.92 Å². The fourth-order valence-electron chi connectivity index (χ4n) is 2.99. The van der Waals surface area contributed by atoms with Gasteiger partial charge in [0.1, 0.15) is 5.60 Å². The summed E-state index contributed by atoms with van der Waals surface area (Å²) in [6.07, 6.45) is 7.18. The molecule has 1 fully saturated rings. The van der Waals surface area contributed by atoms with E-state index in [0.717, 1.165) is 38.5 Å². The molecule has 5 heteroatoms. The zero-order valence-electron chi connectivity index (χ0n) is 12.6. The first-order valence-electron chi connectivity index (χ1n) is 7.85. The number of aliphatic hydroxyl groups excluding tert-OH is 1. The molecule has 2 rings (SSSR count). The number of aliphatic hydroxyl groups is 1. The van der Waals surface area contributed by atoms with Gasteiger partial charge in [0.2, 0.25) is 11.7 Å². The van der Waals surface area contributed by atoms with Gasteiger partial charge in [-0.1, -0.05) is 37.8 Å². The van der Waals surface area contributed by atoms with Crippen LogP contribution in [0.4, 0.5) is 0 Å². The fraction of sp³-hybridized carbons (Fsp3) is 0.867. The van der Waals surface area contributed by atoms with Crippen LogP contribution in [-0.4, -0.2) is 28.0 Å². The lowest BCUT2D eigenvalue weighted by atomic mass is 9.84. The van der Waals surface area contributed by atoms with Crippen LogP contribution in [0.3, 0.4) is 0 Å². The molecular formula is C15H26N2O3. The van der Waals surface area contributed by atoms with Crippen molar-refractivity contribution in [1.29, 1.82) is 0 Å². The van der Waals surface area contributed by atoms with Gasteiger partial charge < -0.3 is 14.4 Å². The average molecular weight is 282 g/mol.